The minimum atomic E-state index is -2.91. The molecule has 1 aliphatic heterocycles. The van der Waals surface area contributed by atoms with E-state index in [0.29, 0.717) is 13.1 Å². The second kappa shape index (κ2) is 8.56. The topological polar surface area (TPSA) is 43.2 Å². The van der Waals surface area contributed by atoms with Crippen LogP contribution in [0.25, 0.3) is 0 Å². The van der Waals surface area contributed by atoms with Crippen LogP contribution in [-0.2, 0) is 17.8 Å². The first-order valence-corrected chi connectivity index (χ1v) is 9.24. The Hall–Kier alpha value is -2.67. The summed E-state index contributed by atoms with van der Waals surface area (Å²) in [5.74, 6) is 0.321. The number of anilines is 1. The predicted octanol–water partition coefficient (Wildman–Crippen LogP) is 2.29. The number of amides is 1. The fraction of sp³-hybridized carbons (Fsp3) is 0.381. The molecule has 7 heteroatoms. The molecule has 0 spiro atoms. The molecule has 5 nitrogen and oxygen atoms in total. The van der Waals surface area contributed by atoms with Crippen LogP contribution >= 0.6 is 0 Å². The van der Waals surface area contributed by atoms with E-state index < -0.39 is 6.61 Å². The Bertz CT molecular complexity index is 844. The van der Waals surface area contributed by atoms with Gasteiger partial charge in [0, 0.05) is 17.8 Å². The molecule has 150 valence electrons. The molecule has 0 aromatic heterocycles. The van der Waals surface area contributed by atoms with Gasteiger partial charge in [0.05, 0.1) is 14.2 Å². The second-order valence-corrected chi connectivity index (χ2v) is 6.98. The zero-order chi connectivity index (χ0) is 20.3. The number of hydrogen-bond donors (Lipinski definition) is 1. The lowest BCUT2D eigenvalue weighted by Gasteiger charge is -2.26. The minimum Gasteiger partial charge on any atom is -0.493 e. The molecule has 1 unspecified atom stereocenters. The molecule has 1 heterocycles. The van der Waals surface area contributed by atoms with Gasteiger partial charge >= 0.3 is 6.61 Å². The van der Waals surface area contributed by atoms with Crippen LogP contribution < -0.4 is 19.3 Å². The van der Waals surface area contributed by atoms with Crippen molar-refractivity contribution in [2.24, 2.45) is 0 Å². The summed E-state index contributed by atoms with van der Waals surface area (Å²) in [5.41, 5.74) is 3.06. The summed E-state index contributed by atoms with van der Waals surface area (Å²) in [6, 6.07) is 12.6. The van der Waals surface area contributed by atoms with Crippen molar-refractivity contribution in [3.63, 3.8) is 0 Å². The van der Waals surface area contributed by atoms with Crippen molar-refractivity contribution in [1.29, 1.82) is 0 Å². The van der Waals surface area contributed by atoms with Crippen LogP contribution in [0.15, 0.2) is 42.5 Å². The van der Waals surface area contributed by atoms with Gasteiger partial charge in [-0.1, -0.05) is 18.2 Å². The third-order valence-corrected chi connectivity index (χ3v) is 5.19. The second-order valence-electron chi connectivity index (χ2n) is 6.98. The summed E-state index contributed by atoms with van der Waals surface area (Å²) in [6.45, 7) is 0.246. The van der Waals surface area contributed by atoms with Gasteiger partial charge in [0.25, 0.3) is 5.91 Å². The van der Waals surface area contributed by atoms with E-state index in [0.717, 1.165) is 22.6 Å². The Labute approximate surface area is 163 Å². The van der Waals surface area contributed by atoms with Gasteiger partial charge in [0.15, 0.2) is 17.5 Å². The molecule has 0 saturated carbocycles. The molecule has 0 aliphatic carbocycles. The van der Waals surface area contributed by atoms with Crippen LogP contribution in [0.5, 0.6) is 11.5 Å². The van der Waals surface area contributed by atoms with E-state index in [2.05, 4.69) is 10.8 Å². The SMILES string of the molecule is COc1cc(C[NH+](C)[C@H](C)C(=O)N2CCc3ccccc32)ccc1OC(F)F. The number of hydrogen-bond acceptors (Lipinski definition) is 3. The zero-order valence-corrected chi connectivity index (χ0v) is 16.2. The van der Waals surface area contributed by atoms with Crippen LogP contribution in [0.2, 0.25) is 0 Å². The molecular weight excluding hydrogens is 366 g/mol. The molecule has 2 atom stereocenters. The van der Waals surface area contributed by atoms with Crippen molar-refractivity contribution >= 4 is 11.6 Å². The molecule has 0 radical (unpaired) electrons. The summed E-state index contributed by atoms with van der Waals surface area (Å²) in [4.78, 5) is 15.9. The maximum atomic E-state index is 13.0. The Morgan fingerprint density at radius 1 is 1.21 bits per heavy atom. The fourth-order valence-electron chi connectivity index (χ4n) is 3.50. The van der Waals surface area contributed by atoms with Crippen LogP contribution in [-0.4, -0.2) is 39.3 Å². The summed E-state index contributed by atoms with van der Waals surface area (Å²) < 4.78 is 34.6. The van der Waals surface area contributed by atoms with Crippen molar-refractivity contribution in [2.45, 2.75) is 32.5 Å². The van der Waals surface area contributed by atoms with Gasteiger partial charge in [-0.05, 0) is 43.2 Å². The van der Waals surface area contributed by atoms with Crippen molar-refractivity contribution < 1.29 is 27.9 Å². The molecule has 2 aromatic carbocycles. The number of nitrogens with zero attached hydrogens (tertiary/aromatic N) is 1. The molecule has 0 fully saturated rings. The highest BCUT2D eigenvalue weighted by molar-refractivity contribution is 5.97. The van der Waals surface area contributed by atoms with E-state index in [9.17, 15) is 13.6 Å². The number of rotatable bonds is 7. The Kier molecular flexibility index (Phi) is 6.14. The average molecular weight is 391 g/mol. The van der Waals surface area contributed by atoms with Gasteiger partial charge in [-0.25, -0.2) is 0 Å². The molecule has 0 bridgehead atoms. The van der Waals surface area contributed by atoms with Crippen LogP contribution in [0, 0.1) is 0 Å². The monoisotopic (exact) mass is 391 g/mol. The molecular formula is C21H25F2N2O3+. The number of nitrogens with one attached hydrogen (secondary N) is 1. The molecule has 1 aliphatic rings. The summed E-state index contributed by atoms with van der Waals surface area (Å²) >= 11 is 0. The third-order valence-electron chi connectivity index (χ3n) is 5.19. The number of carbonyl (C=O) groups is 1. The first kappa shape index (κ1) is 20.1. The number of ether oxygens (including phenoxy) is 2. The number of methoxy groups -OCH3 is 1. The molecule has 28 heavy (non-hydrogen) atoms. The quantitative estimate of drug-likeness (QED) is 0.788. The number of alkyl halides is 2. The van der Waals surface area contributed by atoms with Crippen molar-refractivity contribution in [1.82, 2.24) is 0 Å². The number of quaternary nitrogens is 1. The highest BCUT2D eigenvalue weighted by atomic mass is 19.3. The number of fused-ring (bicyclic) bond motifs is 1. The summed E-state index contributed by atoms with van der Waals surface area (Å²) in [7, 11) is 3.35. The Morgan fingerprint density at radius 3 is 2.68 bits per heavy atom. The van der Waals surface area contributed by atoms with E-state index in [-0.39, 0.29) is 23.4 Å². The maximum absolute atomic E-state index is 13.0. The zero-order valence-electron chi connectivity index (χ0n) is 16.2. The van der Waals surface area contributed by atoms with E-state index in [1.807, 2.05) is 37.1 Å². The molecule has 1 N–H and O–H groups in total. The number of halogens is 2. The highest BCUT2D eigenvalue weighted by Gasteiger charge is 2.32. The van der Waals surface area contributed by atoms with Gasteiger partial charge in [-0.15, -0.1) is 0 Å². The van der Waals surface area contributed by atoms with Gasteiger partial charge in [-0.3, -0.25) is 4.79 Å². The highest BCUT2D eigenvalue weighted by Crippen LogP contribution is 2.29. The van der Waals surface area contributed by atoms with Crippen LogP contribution in [0.3, 0.4) is 0 Å². The standard InChI is InChI=1S/C21H24F2N2O3/c1-14(20(26)25-11-10-16-6-4-5-7-17(16)25)24(2)13-15-8-9-18(28-21(22)23)19(12-15)27-3/h4-9,12,14,21H,10-11,13H2,1-3H3/p+1/t14-/m1/s1. The Morgan fingerprint density at radius 2 is 1.96 bits per heavy atom. The molecule has 1 amide bonds. The van der Waals surface area contributed by atoms with Gasteiger partial charge in [-0.2, -0.15) is 8.78 Å². The van der Waals surface area contributed by atoms with Crippen molar-refractivity contribution in [2.75, 3.05) is 25.6 Å². The third kappa shape index (κ3) is 4.25. The lowest BCUT2D eigenvalue weighted by atomic mass is 10.1. The van der Waals surface area contributed by atoms with Crippen molar-refractivity contribution in [3.8, 4) is 11.5 Å². The molecule has 0 saturated heterocycles. The van der Waals surface area contributed by atoms with E-state index in [1.54, 1.807) is 12.1 Å². The van der Waals surface area contributed by atoms with E-state index >= 15 is 0 Å². The number of likely N-dealkylation sites (N-methyl/N-ethyl adjacent to an activating group) is 1. The molecule has 3 rings (SSSR count). The maximum Gasteiger partial charge on any atom is 0.387 e. The molecule has 2 aromatic rings. The van der Waals surface area contributed by atoms with Gasteiger partial charge < -0.3 is 19.3 Å². The number of para-hydroxylation sites is 1. The number of carbonyl (C=O) groups excluding carboxylic acids is 1. The smallest absolute Gasteiger partial charge is 0.387 e. The van der Waals surface area contributed by atoms with E-state index in [4.69, 9.17) is 4.74 Å². The van der Waals surface area contributed by atoms with Crippen LogP contribution in [0.1, 0.15) is 18.1 Å². The lowest BCUT2D eigenvalue weighted by molar-refractivity contribution is -0.908. The van der Waals surface area contributed by atoms with Crippen LogP contribution in [0.4, 0.5) is 14.5 Å². The van der Waals surface area contributed by atoms with Gasteiger partial charge in [0.2, 0.25) is 0 Å². The Balaban J connectivity index is 1.69. The predicted molar refractivity (Wildman–Crippen MR) is 102 cm³/mol. The summed E-state index contributed by atoms with van der Waals surface area (Å²) in [5, 5.41) is 0. The largest absolute Gasteiger partial charge is 0.493 e. The summed E-state index contributed by atoms with van der Waals surface area (Å²) in [6.07, 6.45) is 0.872. The lowest BCUT2D eigenvalue weighted by Crippen LogP contribution is -3.12. The van der Waals surface area contributed by atoms with E-state index in [1.165, 1.54) is 18.7 Å². The first-order valence-electron chi connectivity index (χ1n) is 9.24. The van der Waals surface area contributed by atoms with Gasteiger partial charge in [0.1, 0.15) is 6.54 Å². The van der Waals surface area contributed by atoms with Crippen molar-refractivity contribution in [3.05, 3.63) is 53.6 Å². The minimum absolute atomic E-state index is 0.00305. The fourth-order valence-corrected chi connectivity index (χ4v) is 3.50. The number of benzene rings is 2. The normalized spacial score (nSPS) is 15.3. The average Bonchev–Trinajstić information content (AvgIpc) is 3.11. The first-order chi connectivity index (χ1) is 13.4.